The first-order chi connectivity index (χ1) is 13.5. The molecular weight excluding hydrogens is 358 g/mol. The molecule has 2 aromatic carbocycles. The van der Waals surface area contributed by atoms with Gasteiger partial charge >= 0.3 is 5.97 Å². The number of hydrogen-bond donors (Lipinski definition) is 1. The molecule has 1 unspecified atom stereocenters. The van der Waals surface area contributed by atoms with E-state index < -0.39 is 12.0 Å². The summed E-state index contributed by atoms with van der Waals surface area (Å²) in [5.41, 5.74) is 2.51. The normalized spacial score (nSPS) is 15.8. The Kier molecular flexibility index (Phi) is 5.93. The number of methoxy groups -OCH3 is 1. The maximum atomic E-state index is 13.1. The SMILES string of the molecule is CCOC(=O)C1=NN(c2ccccc2)C(C(=O)Nc2cc(C)ccc2OC)C1. The summed E-state index contributed by atoms with van der Waals surface area (Å²) in [6.07, 6.45) is 0.160. The lowest BCUT2D eigenvalue weighted by molar-refractivity contribution is -0.135. The van der Waals surface area contributed by atoms with Crippen LogP contribution in [0.3, 0.4) is 0 Å². The molecule has 0 aromatic heterocycles. The Bertz CT molecular complexity index is 896. The summed E-state index contributed by atoms with van der Waals surface area (Å²) < 4.78 is 10.4. The fraction of sp³-hybridized carbons (Fsp3) is 0.286. The van der Waals surface area contributed by atoms with Gasteiger partial charge in [0.25, 0.3) is 0 Å². The maximum absolute atomic E-state index is 13.1. The summed E-state index contributed by atoms with van der Waals surface area (Å²) in [6, 6.07) is 14.1. The van der Waals surface area contributed by atoms with E-state index in [9.17, 15) is 9.59 Å². The summed E-state index contributed by atoms with van der Waals surface area (Å²) in [4.78, 5) is 25.2. The van der Waals surface area contributed by atoms with Crippen LogP contribution in [-0.2, 0) is 14.3 Å². The van der Waals surface area contributed by atoms with Crippen molar-refractivity contribution in [3.05, 3.63) is 54.1 Å². The fourth-order valence-electron chi connectivity index (χ4n) is 3.01. The Balaban J connectivity index is 1.87. The first-order valence-corrected chi connectivity index (χ1v) is 9.08. The molecule has 0 spiro atoms. The van der Waals surface area contributed by atoms with Gasteiger partial charge < -0.3 is 14.8 Å². The molecule has 2 aromatic rings. The van der Waals surface area contributed by atoms with Gasteiger partial charge in [-0.1, -0.05) is 24.3 Å². The van der Waals surface area contributed by atoms with E-state index in [1.807, 2.05) is 49.4 Å². The van der Waals surface area contributed by atoms with Crippen molar-refractivity contribution in [2.45, 2.75) is 26.3 Å². The van der Waals surface area contributed by atoms with Gasteiger partial charge in [0.15, 0.2) is 0 Å². The van der Waals surface area contributed by atoms with E-state index in [1.165, 1.54) is 0 Å². The first kappa shape index (κ1) is 19.4. The lowest BCUT2D eigenvalue weighted by Gasteiger charge is -2.23. The number of nitrogens with zero attached hydrogens (tertiary/aromatic N) is 2. The summed E-state index contributed by atoms with van der Waals surface area (Å²) in [5, 5.41) is 8.83. The van der Waals surface area contributed by atoms with Gasteiger partial charge in [-0.15, -0.1) is 0 Å². The molecule has 1 heterocycles. The minimum absolute atomic E-state index is 0.160. The third-order valence-corrected chi connectivity index (χ3v) is 4.36. The second kappa shape index (κ2) is 8.56. The van der Waals surface area contributed by atoms with Crippen LogP contribution in [0, 0.1) is 6.92 Å². The van der Waals surface area contributed by atoms with Crippen LogP contribution >= 0.6 is 0 Å². The molecule has 0 saturated carbocycles. The molecule has 1 atom stereocenters. The zero-order valence-corrected chi connectivity index (χ0v) is 16.1. The summed E-state index contributed by atoms with van der Waals surface area (Å²) in [7, 11) is 1.55. The molecule has 28 heavy (non-hydrogen) atoms. The molecule has 7 heteroatoms. The molecule has 0 fully saturated rings. The van der Waals surface area contributed by atoms with Crippen LogP contribution in [0.25, 0.3) is 0 Å². The third-order valence-electron chi connectivity index (χ3n) is 4.36. The second-order valence-corrected chi connectivity index (χ2v) is 6.36. The van der Waals surface area contributed by atoms with Crippen LogP contribution in [0.2, 0.25) is 0 Å². The fourth-order valence-corrected chi connectivity index (χ4v) is 3.01. The van der Waals surface area contributed by atoms with Gasteiger partial charge in [0, 0.05) is 6.42 Å². The van der Waals surface area contributed by atoms with Crippen molar-refractivity contribution in [2.24, 2.45) is 5.10 Å². The minimum atomic E-state index is -0.674. The molecule has 7 nitrogen and oxygen atoms in total. The zero-order chi connectivity index (χ0) is 20.1. The quantitative estimate of drug-likeness (QED) is 0.778. The highest BCUT2D eigenvalue weighted by molar-refractivity contribution is 6.38. The monoisotopic (exact) mass is 381 g/mol. The van der Waals surface area contributed by atoms with E-state index in [2.05, 4.69) is 10.4 Å². The molecule has 146 valence electrons. The lowest BCUT2D eigenvalue weighted by atomic mass is 10.1. The number of carbonyl (C=O) groups is 2. The number of aryl methyl sites for hydroxylation is 1. The van der Waals surface area contributed by atoms with Crippen LogP contribution in [0.15, 0.2) is 53.6 Å². The van der Waals surface area contributed by atoms with Gasteiger partial charge in [-0.05, 0) is 43.7 Å². The van der Waals surface area contributed by atoms with Crippen LogP contribution in [0.4, 0.5) is 11.4 Å². The van der Waals surface area contributed by atoms with E-state index in [0.29, 0.717) is 11.4 Å². The minimum Gasteiger partial charge on any atom is -0.495 e. The molecule has 1 aliphatic heterocycles. The van der Waals surface area contributed by atoms with Crippen LogP contribution in [0.5, 0.6) is 5.75 Å². The number of hydrazone groups is 1. The highest BCUT2D eigenvalue weighted by Gasteiger charge is 2.37. The van der Waals surface area contributed by atoms with Crippen molar-refractivity contribution in [1.82, 2.24) is 0 Å². The van der Waals surface area contributed by atoms with Crippen LogP contribution in [-0.4, -0.2) is 37.3 Å². The van der Waals surface area contributed by atoms with Gasteiger partial charge in [0.1, 0.15) is 17.5 Å². The molecule has 0 saturated heterocycles. The van der Waals surface area contributed by atoms with E-state index in [-0.39, 0.29) is 24.6 Å². The Morgan fingerprint density at radius 3 is 2.64 bits per heavy atom. The van der Waals surface area contributed by atoms with Gasteiger partial charge in [-0.2, -0.15) is 5.10 Å². The van der Waals surface area contributed by atoms with E-state index in [1.54, 1.807) is 25.1 Å². The predicted molar refractivity (Wildman–Crippen MR) is 108 cm³/mol. The zero-order valence-electron chi connectivity index (χ0n) is 16.1. The van der Waals surface area contributed by atoms with Gasteiger partial charge in [-0.25, -0.2) is 4.79 Å². The predicted octanol–water partition coefficient (Wildman–Crippen LogP) is 3.14. The number of amides is 1. The van der Waals surface area contributed by atoms with Crippen molar-refractivity contribution in [1.29, 1.82) is 0 Å². The van der Waals surface area contributed by atoms with Crippen LogP contribution in [0.1, 0.15) is 18.9 Å². The second-order valence-electron chi connectivity index (χ2n) is 6.36. The number of nitrogens with one attached hydrogen (secondary N) is 1. The van der Waals surface area contributed by atoms with Crippen molar-refractivity contribution < 1.29 is 19.1 Å². The highest BCUT2D eigenvalue weighted by atomic mass is 16.5. The highest BCUT2D eigenvalue weighted by Crippen LogP contribution is 2.29. The van der Waals surface area contributed by atoms with E-state index in [4.69, 9.17) is 9.47 Å². The Morgan fingerprint density at radius 1 is 1.21 bits per heavy atom. The lowest BCUT2D eigenvalue weighted by Crippen LogP contribution is -2.39. The average molecular weight is 381 g/mol. The number of hydrogen-bond acceptors (Lipinski definition) is 6. The topological polar surface area (TPSA) is 80.2 Å². The standard InChI is InChI=1S/C21H23N3O4/c1-4-28-21(26)17-13-18(24(23-17)15-8-6-5-7-9-15)20(25)22-16-12-14(2)10-11-19(16)27-3/h5-12,18H,4,13H2,1-3H3,(H,22,25). The number of esters is 1. The first-order valence-electron chi connectivity index (χ1n) is 9.08. The smallest absolute Gasteiger partial charge is 0.354 e. The third kappa shape index (κ3) is 4.14. The number of para-hydroxylation sites is 1. The molecule has 1 aliphatic rings. The van der Waals surface area contributed by atoms with Gasteiger partial charge in [0.2, 0.25) is 5.91 Å². The summed E-state index contributed by atoms with van der Waals surface area (Å²) in [5.74, 6) is -0.225. The van der Waals surface area contributed by atoms with Crippen molar-refractivity contribution in [3.63, 3.8) is 0 Å². The Labute approximate surface area is 163 Å². The van der Waals surface area contributed by atoms with Crippen molar-refractivity contribution in [3.8, 4) is 5.75 Å². The average Bonchev–Trinajstić information content (AvgIpc) is 3.15. The van der Waals surface area contributed by atoms with Crippen molar-refractivity contribution in [2.75, 3.05) is 24.0 Å². The Morgan fingerprint density at radius 2 is 1.96 bits per heavy atom. The molecule has 0 bridgehead atoms. The molecule has 1 N–H and O–H groups in total. The number of benzene rings is 2. The number of carbonyl (C=O) groups excluding carboxylic acids is 2. The maximum Gasteiger partial charge on any atom is 0.354 e. The van der Waals surface area contributed by atoms with Gasteiger partial charge in [-0.3, -0.25) is 9.80 Å². The largest absolute Gasteiger partial charge is 0.495 e. The number of anilines is 2. The van der Waals surface area contributed by atoms with Crippen molar-refractivity contribution >= 4 is 29.0 Å². The van der Waals surface area contributed by atoms with Gasteiger partial charge in [0.05, 0.1) is 25.1 Å². The Hall–Kier alpha value is -3.35. The summed E-state index contributed by atoms with van der Waals surface area (Å²) >= 11 is 0. The molecule has 0 aliphatic carbocycles. The molecule has 3 rings (SSSR count). The number of rotatable bonds is 6. The molecule has 1 amide bonds. The van der Waals surface area contributed by atoms with Crippen LogP contribution < -0.4 is 15.1 Å². The molecular formula is C21H23N3O4. The van der Waals surface area contributed by atoms with E-state index in [0.717, 1.165) is 11.3 Å². The summed E-state index contributed by atoms with van der Waals surface area (Å²) in [6.45, 7) is 3.92. The van der Waals surface area contributed by atoms with E-state index >= 15 is 0 Å². The number of ether oxygens (including phenoxy) is 2. The molecule has 0 radical (unpaired) electrons.